The maximum absolute atomic E-state index is 11.2. The molecule has 1 heterocycles. The molecule has 0 N–H and O–H groups in total. The molecule has 3 heteroatoms. The summed E-state index contributed by atoms with van der Waals surface area (Å²) >= 11 is 0. The molecule has 1 aliphatic heterocycles. The van der Waals surface area contributed by atoms with E-state index in [2.05, 4.69) is 6.92 Å². The third-order valence-corrected chi connectivity index (χ3v) is 3.79. The molecular weight excluding hydrogens is 252 g/mol. The molecule has 0 aromatic heterocycles. The van der Waals surface area contributed by atoms with Crippen LogP contribution in [-0.4, -0.2) is 25.1 Å². The largest absolute Gasteiger partial charge is 0.373 e. The van der Waals surface area contributed by atoms with Gasteiger partial charge in [0.25, 0.3) is 0 Å². The van der Waals surface area contributed by atoms with E-state index in [1.165, 1.54) is 19.3 Å². The van der Waals surface area contributed by atoms with Gasteiger partial charge in [-0.05, 0) is 18.9 Å². The monoisotopic (exact) mass is 276 g/mol. The number of hydrogen-bond acceptors (Lipinski definition) is 3. The van der Waals surface area contributed by atoms with Crippen LogP contribution in [0.5, 0.6) is 0 Å². The van der Waals surface area contributed by atoms with Crippen LogP contribution in [0.4, 0.5) is 0 Å². The van der Waals surface area contributed by atoms with Crippen LogP contribution in [-0.2, 0) is 9.47 Å². The van der Waals surface area contributed by atoms with Crippen molar-refractivity contribution in [2.75, 3.05) is 13.2 Å². The summed E-state index contributed by atoms with van der Waals surface area (Å²) in [7, 11) is 0. The molecule has 0 radical (unpaired) electrons. The van der Waals surface area contributed by atoms with Crippen LogP contribution in [0.2, 0.25) is 0 Å². The van der Waals surface area contributed by atoms with Crippen molar-refractivity contribution in [3.63, 3.8) is 0 Å². The van der Waals surface area contributed by atoms with E-state index in [-0.39, 0.29) is 18.0 Å². The number of Topliss-reactive ketones (excluding diaryl/α,β-unsaturated/α-hetero) is 1. The molecule has 110 valence electrons. The van der Waals surface area contributed by atoms with Crippen molar-refractivity contribution in [1.82, 2.24) is 0 Å². The molecule has 2 unspecified atom stereocenters. The predicted molar refractivity (Wildman–Crippen MR) is 79.0 cm³/mol. The summed E-state index contributed by atoms with van der Waals surface area (Å²) in [5.74, 6) is 0.0911. The fraction of sp³-hybridized carbons (Fsp3) is 0.588. The Hall–Kier alpha value is -1.19. The first-order chi connectivity index (χ1) is 9.70. The Labute approximate surface area is 121 Å². The van der Waals surface area contributed by atoms with Crippen LogP contribution < -0.4 is 0 Å². The van der Waals surface area contributed by atoms with E-state index in [0.29, 0.717) is 13.2 Å². The van der Waals surface area contributed by atoms with Crippen LogP contribution in [0.3, 0.4) is 0 Å². The molecule has 0 amide bonds. The first-order valence-electron chi connectivity index (χ1n) is 7.54. The molecule has 2 atom stereocenters. The van der Waals surface area contributed by atoms with Gasteiger partial charge >= 0.3 is 0 Å². The number of unbranched alkanes of at least 4 members (excludes halogenated alkanes) is 2. The Morgan fingerprint density at radius 2 is 1.90 bits per heavy atom. The zero-order valence-electron chi connectivity index (χ0n) is 12.4. The zero-order chi connectivity index (χ0) is 14.4. The number of rotatable bonds is 6. The van der Waals surface area contributed by atoms with E-state index in [1.807, 2.05) is 24.3 Å². The molecular formula is C17H24O3. The Bertz CT molecular complexity index is 416. The number of ether oxygens (including phenoxy) is 2. The molecule has 1 aliphatic rings. The second kappa shape index (κ2) is 7.55. The summed E-state index contributed by atoms with van der Waals surface area (Å²) in [6.07, 6.45) is 5.04. The number of carbonyl (C=O) groups excluding carboxylic acids is 1. The van der Waals surface area contributed by atoms with Gasteiger partial charge in [0.1, 0.15) is 6.10 Å². The third kappa shape index (κ3) is 4.15. The molecule has 0 saturated carbocycles. The van der Waals surface area contributed by atoms with Crippen LogP contribution in [0.25, 0.3) is 0 Å². The molecule has 0 bridgehead atoms. The lowest BCUT2D eigenvalue weighted by molar-refractivity contribution is -0.137. The minimum Gasteiger partial charge on any atom is -0.373 e. The van der Waals surface area contributed by atoms with Crippen molar-refractivity contribution in [1.29, 1.82) is 0 Å². The van der Waals surface area contributed by atoms with Crippen molar-refractivity contribution < 1.29 is 14.3 Å². The summed E-state index contributed by atoms with van der Waals surface area (Å²) in [4.78, 5) is 11.2. The Balaban J connectivity index is 1.82. The SMILES string of the molecule is CCCCCC1COC(c2ccc(C(C)=O)cc2)CO1. The Kier molecular flexibility index (Phi) is 5.74. The normalized spacial score (nSPS) is 22.7. The van der Waals surface area contributed by atoms with Gasteiger partial charge in [-0.1, -0.05) is 50.5 Å². The molecule has 20 heavy (non-hydrogen) atoms. The van der Waals surface area contributed by atoms with Crippen LogP contribution in [0.15, 0.2) is 24.3 Å². The summed E-state index contributed by atoms with van der Waals surface area (Å²) in [6.45, 7) is 5.06. The quantitative estimate of drug-likeness (QED) is 0.583. The highest BCUT2D eigenvalue weighted by atomic mass is 16.6. The van der Waals surface area contributed by atoms with Gasteiger partial charge < -0.3 is 9.47 Å². The van der Waals surface area contributed by atoms with Gasteiger partial charge in [-0.3, -0.25) is 4.79 Å². The summed E-state index contributed by atoms with van der Waals surface area (Å²) in [5.41, 5.74) is 1.82. The lowest BCUT2D eigenvalue weighted by atomic mass is 10.0. The number of benzene rings is 1. The fourth-order valence-corrected chi connectivity index (χ4v) is 2.46. The molecule has 2 rings (SSSR count). The third-order valence-electron chi connectivity index (χ3n) is 3.79. The van der Waals surface area contributed by atoms with Crippen LogP contribution in [0.1, 0.15) is 61.6 Å². The lowest BCUT2D eigenvalue weighted by Gasteiger charge is -2.30. The van der Waals surface area contributed by atoms with E-state index < -0.39 is 0 Å². The summed E-state index contributed by atoms with van der Waals surface area (Å²) in [5, 5.41) is 0. The lowest BCUT2D eigenvalue weighted by Crippen LogP contribution is -2.31. The summed E-state index contributed by atoms with van der Waals surface area (Å²) < 4.78 is 11.8. The average Bonchev–Trinajstić information content (AvgIpc) is 2.48. The molecule has 1 fully saturated rings. The predicted octanol–water partition coefficient (Wildman–Crippen LogP) is 3.93. The summed E-state index contributed by atoms with van der Waals surface area (Å²) in [6, 6.07) is 7.63. The van der Waals surface area contributed by atoms with Crippen molar-refractivity contribution in [2.24, 2.45) is 0 Å². The highest BCUT2D eigenvalue weighted by Gasteiger charge is 2.23. The van der Waals surface area contributed by atoms with Gasteiger partial charge in [0.2, 0.25) is 0 Å². The molecule has 3 nitrogen and oxygen atoms in total. The number of carbonyl (C=O) groups is 1. The van der Waals surface area contributed by atoms with E-state index in [9.17, 15) is 4.79 Å². The molecule has 1 aromatic rings. The average molecular weight is 276 g/mol. The second-order valence-electron chi connectivity index (χ2n) is 5.45. The van der Waals surface area contributed by atoms with E-state index in [0.717, 1.165) is 17.5 Å². The van der Waals surface area contributed by atoms with Gasteiger partial charge in [0.15, 0.2) is 5.78 Å². The van der Waals surface area contributed by atoms with E-state index in [4.69, 9.17) is 9.47 Å². The topological polar surface area (TPSA) is 35.5 Å². The number of ketones is 1. The standard InChI is InChI=1S/C17H24O3/c1-3-4-5-6-16-11-20-17(12-19-16)15-9-7-14(8-10-15)13(2)18/h7-10,16-17H,3-6,11-12H2,1-2H3. The van der Waals surface area contributed by atoms with Gasteiger partial charge in [0.05, 0.1) is 19.3 Å². The van der Waals surface area contributed by atoms with Crippen molar-refractivity contribution in [2.45, 2.75) is 51.7 Å². The minimum absolute atomic E-state index is 0.00145. The molecule has 1 saturated heterocycles. The Morgan fingerprint density at radius 3 is 2.45 bits per heavy atom. The number of hydrogen-bond donors (Lipinski definition) is 0. The molecule has 1 aromatic carbocycles. The highest BCUT2D eigenvalue weighted by Crippen LogP contribution is 2.25. The van der Waals surface area contributed by atoms with Crippen molar-refractivity contribution in [3.05, 3.63) is 35.4 Å². The molecule has 0 aliphatic carbocycles. The van der Waals surface area contributed by atoms with Crippen molar-refractivity contribution in [3.8, 4) is 0 Å². The van der Waals surface area contributed by atoms with Gasteiger partial charge in [0, 0.05) is 5.56 Å². The van der Waals surface area contributed by atoms with Gasteiger partial charge in [-0.2, -0.15) is 0 Å². The Morgan fingerprint density at radius 1 is 1.15 bits per heavy atom. The van der Waals surface area contributed by atoms with Crippen LogP contribution >= 0.6 is 0 Å². The fourth-order valence-electron chi connectivity index (χ4n) is 2.46. The van der Waals surface area contributed by atoms with Gasteiger partial charge in [-0.15, -0.1) is 0 Å². The van der Waals surface area contributed by atoms with Gasteiger partial charge in [-0.25, -0.2) is 0 Å². The highest BCUT2D eigenvalue weighted by molar-refractivity contribution is 5.94. The van der Waals surface area contributed by atoms with Crippen LogP contribution in [0, 0.1) is 0 Å². The zero-order valence-corrected chi connectivity index (χ0v) is 12.4. The second-order valence-corrected chi connectivity index (χ2v) is 5.45. The van der Waals surface area contributed by atoms with E-state index >= 15 is 0 Å². The van der Waals surface area contributed by atoms with E-state index in [1.54, 1.807) is 6.92 Å². The van der Waals surface area contributed by atoms with Crippen molar-refractivity contribution >= 4 is 5.78 Å². The maximum Gasteiger partial charge on any atom is 0.159 e. The first kappa shape index (κ1) is 15.2. The molecule has 0 spiro atoms. The maximum atomic E-state index is 11.2. The first-order valence-corrected chi connectivity index (χ1v) is 7.54. The smallest absolute Gasteiger partial charge is 0.159 e. The minimum atomic E-state index is -0.00145.